The molecule has 1 N–H and O–H groups in total. The van der Waals surface area contributed by atoms with Gasteiger partial charge in [0.05, 0.1) is 6.04 Å². The van der Waals surface area contributed by atoms with Crippen molar-refractivity contribution >= 4 is 28.8 Å². The Labute approximate surface area is 133 Å². The van der Waals surface area contributed by atoms with Crippen molar-refractivity contribution in [2.45, 2.75) is 39.7 Å². The van der Waals surface area contributed by atoms with Crippen LogP contribution in [0.3, 0.4) is 0 Å². The molecule has 0 saturated heterocycles. The maximum atomic E-state index is 12.3. The van der Waals surface area contributed by atoms with Crippen molar-refractivity contribution in [1.82, 2.24) is 15.3 Å². The van der Waals surface area contributed by atoms with Crippen LogP contribution in [0.25, 0.3) is 0 Å². The largest absolute Gasteiger partial charge is 0.343 e. The first-order valence-electron chi connectivity index (χ1n) is 6.95. The summed E-state index contributed by atoms with van der Waals surface area (Å²) in [5.74, 6) is -0.158. The lowest BCUT2D eigenvalue weighted by Crippen LogP contribution is -2.26. The third-order valence-electron chi connectivity index (χ3n) is 3.11. The molecule has 4 nitrogen and oxygen atoms in total. The Morgan fingerprint density at radius 1 is 1.38 bits per heavy atom. The topological polar surface area (TPSA) is 54.9 Å². The average molecular weight is 324 g/mol. The van der Waals surface area contributed by atoms with E-state index in [1.54, 1.807) is 23.5 Å². The predicted molar refractivity (Wildman–Crippen MR) is 86.0 cm³/mol. The van der Waals surface area contributed by atoms with Gasteiger partial charge in [0.15, 0.2) is 0 Å². The number of carbonyl (C=O) groups excluding carboxylic acids is 1. The number of pyridine rings is 1. The number of aromatic nitrogens is 2. The van der Waals surface area contributed by atoms with E-state index in [0.29, 0.717) is 10.7 Å². The molecule has 6 heteroatoms. The molecule has 112 valence electrons. The van der Waals surface area contributed by atoms with Gasteiger partial charge in [-0.3, -0.25) is 4.79 Å². The summed E-state index contributed by atoms with van der Waals surface area (Å²) < 4.78 is 0. The van der Waals surface area contributed by atoms with Crippen LogP contribution in [-0.2, 0) is 12.8 Å². The molecule has 1 amide bonds. The average Bonchev–Trinajstić information content (AvgIpc) is 2.95. The van der Waals surface area contributed by atoms with E-state index >= 15 is 0 Å². The molecule has 0 saturated carbocycles. The zero-order valence-electron chi connectivity index (χ0n) is 12.3. The second-order valence-corrected chi connectivity index (χ2v) is 6.27. The molecule has 2 aromatic heterocycles. The molecule has 21 heavy (non-hydrogen) atoms. The van der Waals surface area contributed by atoms with Gasteiger partial charge >= 0.3 is 0 Å². The molecule has 0 aliphatic carbocycles. The second kappa shape index (κ2) is 7.00. The number of rotatable bonds is 5. The van der Waals surface area contributed by atoms with Gasteiger partial charge in [-0.05, 0) is 31.9 Å². The van der Waals surface area contributed by atoms with Crippen LogP contribution < -0.4 is 5.32 Å². The third-order valence-corrected chi connectivity index (χ3v) is 4.63. The predicted octanol–water partition coefficient (Wildman–Crippen LogP) is 3.81. The number of nitrogens with zero attached hydrogens (tertiary/aromatic N) is 2. The van der Waals surface area contributed by atoms with E-state index in [1.165, 1.54) is 4.88 Å². The Balaban J connectivity index is 2.11. The number of hydrogen-bond donors (Lipinski definition) is 1. The van der Waals surface area contributed by atoms with Crippen LogP contribution in [-0.4, -0.2) is 15.9 Å². The number of nitrogens with one attached hydrogen (secondary N) is 1. The lowest BCUT2D eigenvalue weighted by Gasteiger charge is -2.12. The summed E-state index contributed by atoms with van der Waals surface area (Å²) >= 11 is 7.57. The van der Waals surface area contributed by atoms with E-state index in [2.05, 4.69) is 22.2 Å². The number of hydrogen-bond acceptors (Lipinski definition) is 4. The number of amides is 1. The van der Waals surface area contributed by atoms with Gasteiger partial charge in [-0.2, -0.15) is 0 Å². The van der Waals surface area contributed by atoms with Crippen molar-refractivity contribution in [1.29, 1.82) is 0 Å². The molecule has 0 aromatic carbocycles. The van der Waals surface area contributed by atoms with Crippen molar-refractivity contribution in [3.63, 3.8) is 0 Å². The summed E-state index contributed by atoms with van der Waals surface area (Å²) in [5.41, 5.74) is 1.34. The molecule has 1 atom stereocenters. The smallest absolute Gasteiger partial charge is 0.252 e. The summed E-state index contributed by atoms with van der Waals surface area (Å²) in [4.78, 5) is 22.0. The Hall–Kier alpha value is -1.46. The molecule has 0 aliphatic heterocycles. The minimum Gasteiger partial charge on any atom is -0.343 e. The first-order valence-corrected chi connectivity index (χ1v) is 8.14. The Morgan fingerprint density at radius 2 is 2.14 bits per heavy atom. The minimum absolute atomic E-state index is 0.125. The normalized spacial score (nSPS) is 12.2. The third kappa shape index (κ3) is 4.02. The molecule has 0 aliphatic rings. The maximum Gasteiger partial charge on any atom is 0.252 e. The lowest BCUT2D eigenvalue weighted by atomic mass is 10.2. The fourth-order valence-electron chi connectivity index (χ4n) is 1.89. The first-order chi connectivity index (χ1) is 10.0. The van der Waals surface area contributed by atoms with Crippen molar-refractivity contribution in [3.05, 3.63) is 44.6 Å². The summed E-state index contributed by atoms with van der Waals surface area (Å²) in [5, 5.41) is 4.21. The van der Waals surface area contributed by atoms with E-state index < -0.39 is 0 Å². The zero-order valence-corrected chi connectivity index (χ0v) is 13.9. The van der Waals surface area contributed by atoms with Crippen LogP contribution >= 0.6 is 22.9 Å². The van der Waals surface area contributed by atoms with Crippen LogP contribution in [0.15, 0.2) is 18.3 Å². The summed E-state index contributed by atoms with van der Waals surface area (Å²) in [6, 6.07) is 3.23. The number of thiazole rings is 1. The summed E-state index contributed by atoms with van der Waals surface area (Å²) in [6.45, 7) is 6.00. The van der Waals surface area contributed by atoms with Gasteiger partial charge < -0.3 is 5.32 Å². The summed E-state index contributed by atoms with van der Waals surface area (Å²) in [6.07, 6.45) is 3.56. The summed E-state index contributed by atoms with van der Waals surface area (Å²) in [7, 11) is 0. The van der Waals surface area contributed by atoms with E-state index in [-0.39, 0.29) is 11.9 Å². The second-order valence-electron chi connectivity index (χ2n) is 4.74. The highest BCUT2D eigenvalue weighted by atomic mass is 35.5. The Morgan fingerprint density at radius 3 is 2.76 bits per heavy atom. The fraction of sp³-hybridized carbons (Fsp3) is 0.400. The quantitative estimate of drug-likeness (QED) is 0.851. The van der Waals surface area contributed by atoms with E-state index in [0.717, 1.165) is 23.5 Å². The molecule has 2 heterocycles. The van der Waals surface area contributed by atoms with Gasteiger partial charge in [-0.25, -0.2) is 9.97 Å². The highest BCUT2D eigenvalue weighted by molar-refractivity contribution is 7.11. The van der Waals surface area contributed by atoms with Crippen LogP contribution in [0.1, 0.15) is 52.7 Å². The van der Waals surface area contributed by atoms with Gasteiger partial charge in [0, 0.05) is 22.3 Å². The molecule has 0 spiro atoms. The molecule has 1 unspecified atom stereocenters. The van der Waals surface area contributed by atoms with Crippen molar-refractivity contribution in [2.75, 3.05) is 0 Å². The fourth-order valence-corrected chi connectivity index (χ4v) is 2.98. The molecule has 2 rings (SSSR count). The van der Waals surface area contributed by atoms with Gasteiger partial charge in [0.1, 0.15) is 10.2 Å². The molecule has 0 bridgehead atoms. The van der Waals surface area contributed by atoms with Crippen LogP contribution in [0.4, 0.5) is 0 Å². The zero-order chi connectivity index (χ0) is 15.4. The monoisotopic (exact) mass is 323 g/mol. The van der Waals surface area contributed by atoms with E-state index in [9.17, 15) is 4.79 Å². The number of aryl methyl sites for hydroxylation is 2. The Kier molecular flexibility index (Phi) is 5.31. The Bertz CT molecular complexity index is 642. The van der Waals surface area contributed by atoms with Crippen molar-refractivity contribution < 1.29 is 4.79 Å². The molecule has 2 aromatic rings. The van der Waals surface area contributed by atoms with Crippen LogP contribution in [0, 0.1) is 0 Å². The lowest BCUT2D eigenvalue weighted by molar-refractivity contribution is 0.0939. The number of carbonyl (C=O) groups is 1. The molecule has 0 radical (unpaired) electrons. The minimum atomic E-state index is -0.158. The first kappa shape index (κ1) is 15.9. The van der Waals surface area contributed by atoms with Crippen LogP contribution in [0.2, 0.25) is 5.15 Å². The molecular weight excluding hydrogens is 306 g/mol. The molecule has 0 fully saturated rings. The van der Waals surface area contributed by atoms with Crippen molar-refractivity contribution in [2.24, 2.45) is 0 Å². The van der Waals surface area contributed by atoms with Gasteiger partial charge in [0.2, 0.25) is 0 Å². The van der Waals surface area contributed by atoms with Gasteiger partial charge in [-0.1, -0.05) is 25.4 Å². The maximum absolute atomic E-state index is 12.3. The van der Waals surface area contributed by atoms with Gasteiger partial charge in [0.25, 0.3) is 5.91 Å². The molecular formula is C15H18ClN3OS. The van der Waals surface area contributed by atoms with E-state index in [1.807, 2.05) is 20.0 Å². The standard InChI is InChI=1S/C15H18ClN3OS/c1-4-11-6-10(7-13(16)19-11)14(20)18-9(3)15-17-8-12(5-2)21-15/h6-9H,4-5H2,1-3H3,(H,18,20). The van der Waals surface area contributed by atoms with Crippen molar-refractivity contribution in [3.8, 4) is 0 Å². The SMILES string of the molecule is CCc1cc(C(=O)NC(C)c2ncc(CC)s2)cc(Cl)n1. The number of halogens is 1. The van der Waals surface area contributed by atoms with Crippen LogP contribution in [0.5, 0.6) is 0 Å². The highest BCUT2D eigenvalue weighted by Gasteiger charge is 2.15. The van der Waals surface area contributed by atoms with Gasteiger partial charge in [-0.15, -0.1) is 11.3 Å². The van der Waals surface area contributed by atoms with E-state index in [4.69, 9.17) is 11.6 Å². The highest BCUT2D eigenvalue weighted by Crippen LogP contribution is 2.21.